The highest BCUT2D eigenvalue weighted by atomic mass is 35.5. The number of thiazole rings is 1. The summed E-state index contributed by atoms with van der Waals surface area (Å²) in [5.41, 5.74) is 0.906. The van der Waals surface area contributed by atoms with Crippen LogP contribution in [0.2, 0.25) is 10.0 Å². The number of hydrogen-bond donors (Lipinski definition) is 3. The summed E-state index contributed by atoms with van der Waals surface area (Å²) < 4.78 is 16.3. The van der Waals surface area contributed by atoms with Crippen molar-refractivity contribution in [2.45, 2.75) is 34.3 Å². The third kappa shape index (κ3) is 6.78. The summed E-state index contributed by atoms with van der Waals surface area (Å²) in [7, 11) is 0. The van der Waals surface area contributed by atoms with Crippen LogP contribution in [0.15, 0.2) is 64.1 Å². The van der Waals surface area contributed by atoms with Crippen molar-refractivity contribution < 1.29 is 19.1 Å². The predicted molar refractivity (Wildman–Crippen MR) is 162 cm³/mol. The Labute approximate surface area is 259 Å². The predicted octanol–water partition coefficient (Wildman–Crippen LogP) is 7.02. The first kappa shape index (κ1) is 30.0. The molecule has 1 aliphatic rings. The number of carbonyl (C=O) groups excluding carboxylic acids is 1. The van der Waals surface area contributed by atoms with E-state index >= 15 is 4.39 Å². The third-order valence-electron chi connectivity index (χ3n) is 7.02. The number of rotatable bonds is 8. The van der Waals surface area contributed by atoms with E-state index in [1.165, 1.54) is 28.5 Å². The molecule has 0 spiro atoms. The van der Waals surface area contributed by atoms with Gasteiger partial charge in [0.15, 0.2) is 16.6 Å². The Balaban J connectivity index is 1.30. The second kappa shape index (κ2) is 12.8. The maximum Gasteiger partial charge on any atom is 0.407 e. The molecule has 9 nitrogen and oxygen atoms in total. The number of anilines is 2. The number of nitrogens with one attached hydrogen (secondary N) is 2. The number of halogens is 3. The van der Waals surface area contributed by atoms with E-state index in [0.29, 0.717) is 38.0 Å². The molecule has 4 heterocycles. The lowest BCUT2D eigenvalue weighted by Gasteiger charge is -2.41. The summed E-state index contributed by atoms with van der Waals surface area (Å²) in [6.07, 6.45) is 4.57. The van der Waals surface area contributed by atoms with E-state index < -0.39 is 23.2 Å². The van der Waals surface area contributed by atoms with Crippen LogP contribution in [-0.4, -0.2) is 56.6 Å². The summed E-state index contributed by atoms with van der Waals surface area (Å²) in [6.45, 7) is 2.64. The Morgan fingerprint density at radius 3 is 2.57 bits per heavy atom. The lowest BCUT2D eigenvalue weighted by Crippen LogP contribution is -2.50. The van der Waals surface area contributed by atoms with Crippen LogP contribution in [0.1, 0.15) is 34.5 Å². The van der Waals surface area contributed by atoms with Crippen LogP contribution in [-0.2, 0) is 5.41 Å². The van der Waals surface area contributed by atoms with Gasteiger partial charge in [-0.3, -0.25) is 4.79 Å². The first-order valence-corrected chi connectivity index (χ1v) is 15.2. The third-order valence-corrected chi connectivity index (χ3v) is 9.81. The molecule has 0 bridgehead atoms. The monoisotopic (exact) mass is 646 g/mol. The van der Waals surface area contributed by atoms with Gasteiger partial charge in [0.25, 0.3) is 5.91 Å². The fourth-order valence-corrected chi connectivity index (χ4v) is 6.87. The van der Waals surface area contributed by atoms with E-state index in [0.717, 1.165) is 22.9 Å². The molecule has 0 unspecified atom stereocenters. The maximum atomic E-state index is 15.5. The zero-order valence-electron chi connectivity index (χ0n) is 22.2. The van der Waals surface area contributed by atoms with Gasteiger partial charge in [0.05, 0.1) is 25.3 Å². The molecule has 3 N–H and O–H groups in total. The number of amides is 2. The lowest BCUT2D eigenvalue weighted by atomic mass is 9.72. The molecule has 1 fully saturated rings. The molecule has 218 valence electrons. The molecule has 0 radical (unpaired) electrons. The van der Waals surface area contributed by atoms with E-state index in [1.807, 2.05) is 25.1 Å². The van der Waals surface area contributed by atoms with Crippen LogP contribution < -0.4 is 10.6 Å². The molecule has 2 amide bonds. The van der Waals surface area contributed by atoms with Crippen molar-refractivity contribution in [2.75, 3.05) is 25.0 Å². The average molecular weight is 648 g/mol. The quantitative estimate of drug-likeness (QED) is 0.187. The van der Waals surface area contributed by atoms with Crippen molar-refractivity contribution in [3.05, 3.63) is 87.7 Å². The highest BCUT2D eigenvalue weighted by molar-refractivity contribution is 8.01. The second-order valence-corrected chi connectivity index (χ2v) is 13.0. The van der Waals surface area contributed by atoms with Crippen LogP contribution >= 0.6 is 46.3 Å². The van der Waals surface area contributed by atoms with Gasteiger partial charge in [0.1, 0.15) is 5.82 Å². The standard InChI is InChI=1S/C28H25Cl2FN6O3S2/c1-16-4-8-32-21(12-16)36-26-34-14-22(42-26)41-20-5-9-33-24(23(20)31)25(38)35-15-28(6-10-37(11-7-28)27(39)40)17-2-3-18(29)19(30)13-17/h2-5,8-9,12-14H,6-7,10-11,15H2,1H3,(H,35,38)(H,39,40)(H,32,34,36). The molecule has 5 rings (SSSR count). The number of aryl methyl sites for hydroxylation is 1. The van der Waals surface area contributed by atoms with Gasteiger partial charge in [-0.05, 0) is 61.2 Å². The SMILES string of the molecule is Cc1ccnc(Nc2ncc(Sc3ccnc(C(=O)NCC4(c5ccc(Cl)c(Cl)c5)CCN(C(=O)O)CC4)c3F)s2)c1. The van der Waals surface area contributed by atoms with Crippen molar-refractivity contribution in [3.63, 3.8) is 0 Å². The van der Waals surface area contributed by atoms with E-state index in [9.17, 15) is 14.7 Å². The normalized spacial score (nSPS) is 14.4. The van der Waals surface area contributed by atoms with Crippen LogP contribution in [0.4, 0.5) is 20.1 Å². The number of piperidine rings is 1. The second-order valence-electron chi connectivity index (χ2n) is 9.76. The number of aromatic nitrogens is 3. The number of carboxylic acid groups (broad SMARTS) is 1. The summed E-state index contributed by atoms with van der Waals surface area (Å²) in [4.78, 5) is 38.9. The summed E-state index contributed by atoms with van der Waals surface area (Å²) >= 11 is 14.9. The molecule has 0 atom stereocenters. The molecule has 0 aliphatic carbocycles. The maximum absolute atomic E-state index is 15.5. The number of likely N-dealkylation sites (tertiary alicyclic amines) is 1. The first-order chi connectivity index (χ1) is 20.1. The molecule has 14 heteroatoms. The van der Waals surface area contributed by atoms with Gasteiger partial charge >= 0.3 is 6.09 Å². The van der Waals surface area contributed by atoms with Gasteiger partial charge in [-0.25, -0.2) is 24.1 Å². The Bertz CT molecular complexity index is 1630. The minimum Gasteiger partial charge on any atom is -0.465 e. The molecule has 1 saturated heterocycles. The fourth-order valence-electron chi connectivity index (χ4n) is 4.70. The smallest absolute Gasteiger partial charge is 0.407 e. The number of pyridine rings is 2. The molecule has 1 aliphatic heterocycles. The minimum absolute atomic E-state index is 0.132. The Kier molecular flexibility index (Phi) is 9.16. The largest absolute Gasteiger partial charge is 0.465 e. The average Bonchev–Trinajstić information content (AvgIpc) is 3.41. The van der Waals surface area contributed by atoms with Crippen molar-refractivity contribution in [1.29, 1.82) is 0 Å². The molecule has 1 aromatic carbocycles. The number of benzene rings is 1. The topological polar surface area (TPSA) is 120 Å². The lowest BCUT2D eigenvalue weighted by molar-refractivity contribution is 0.0898. The zero-order chi connectivity index (χ0) is 29.9. The highest BCUT2D eigenvalue weighted by Crippen LogP contribution is 2.39. The molecular weight excluding hydrogens is 622 g/mol. The van der Waals surface area contributed by atoms with Crippen molar-refractivity contribution in [2.24, 2.45) is 0 Å². The Morgan fingerprint density at radius 1 is 1.10 bits per heavy atom. The van der Waals surface area contributed by atoms with Crippen molar-refractivity contribution in [3.8, 4) is 0 Å². The van der Waals surface area contributed by atoms with Gasteiger partial charge in [0.2, 0.25) is 0 Å². The molecule has 3 aromatic heterocycles. The van der Waals surface area contributed by atoms with Gasteiger partial charge < -0.3 is 20.6 Å². The number of nitrogens with zero attached hydrogens (tertiary/aromatic N) is 4. The summed E-state index contributed by atoms with van der Waals surface area (Å²) in [5, 5.41) is 16.7. The van der Waals surface area contributed by atoms with Crippen molar-refractivity contribution >= 4 is 69.3 Å². The molecular formula is C28H25Cl2FN6O3S2. The minimum atomic E-state index is -1.00. The number of hydrogen-bond acceptors (Lipinski definition) is 8. The van der Waals surface area contributed by atoms with E-state index in [2.05, 4.69) is 25.6 Å². The molecule has 0 saturated carbocycles. The molecule has 42 heavy (non-hydrogen) atoms. The first-order valence-electron chi connectivity index (χ1n) is 12.8. The zero-order valence-corrected chi connectivity index (χ0v) is 25.4. The van der Waals surface area contributed by atoms with Crippen LogP contribution in [0.25, 0.3) is 0 Å². The van der Waals surface area contributed by atoms with E-state index in [4.69, 9.17) is 23.2 Å². The highest BCUT2D eigenvalue weighted by Gasteiger charge is 2.38. The van der Waals surface area contributed by atoms with Crippen LogP contribution in [0, 0.1) is 12.7 Å². The molecule has 4 aromatic rings. The van der Waals surface area contributed by atoms with Crippen LogP contribution in [0.5, 0.6) is 0 Å². The van der Waals surface area contributed by atoms with Crippen molar-refractivity contribution in [1.82, 2.24) is 25.2 Å². The van der Waals surface area contributed by atoms with E-state index in [1.54, 1.807) is 24.5 Å². The van der Waals surface area contributed by atoms with E-state index in [-0.39, 0.29) is 30.2 Å². The summed E-state index contributed by atoms with van der Waals surface area (Å²) in [6, 6.07) is 10.5. The number of carbonyl (C=O) groups is 2. The van der Waals surface area contributed by atoms with Crippen LogP contribution in [0.3, 0.4) is 0 Å². The van der Waals surface area contributed by atoms with Gasteiger partial charge in [-0.15, -0.1) is 0 Å². The Morgan fingerprint density at radius 2 is 1.86 bits per heavy atom. The Hall–Kier alpha value is -3.45. The van der Waals surface area contributed by atoms with Gasteiger partial charge in [-0.2, -0.15) is 0 Å². The van der Waals surface area contributed by atoms with Gasteiger partial charge in [-0.1, -0.05) is 52.4 Å². The van der Waals surface area contributed by atoms with Gasteiger partial charge in [0, 0.05) is 37.4 Å². The summed E-state index contributed by atoms with van der Waals surface area (Å²) in [5.74, 6) is -0.762. The fraction of sp³-hybridized carbons (Fsp3) is 0.250.